The van der Waals surface area contributed by atoms with Crippen LogP contribution < -0.4 is 4.90 Å². The highest BCUT2D eigenvalue weighted by molar-refractivity contribution is 6.32. The molecule has 0 N–H and O–H groups in total. The van der Waals surface area contributed by atoms with Crippen molar-refractivity contribution in [3.8, 4) is 0 Å². The van der Waals surface area contributed by atoms with Crippen LogP contribution in [0.3, 0.4) is 0 Å². The third-order valence-electron chi connectivity index (χ3n) is 5.41. The molecule has 8 nitrogen and oxygen atoms in total. The second-order valence-electron chi connectivity index (χ2n) is 7.29. The molecule has 2 bridgehead atoms. The topological polar surface area (TPSA) is 99.2 Å². The van der Waals surface area contributed by atoms with Crippen LogP contribution in [-0.2, 0) is 33.4 Å². The summed E-state index contributed by atoms with van der Waals surface area (Å²) >= 11 is 6.17. The van der Waals surface area contributed by atoms with E-state index in [4.69, 9.17) is 25.8 Å². The van der Waals surface area contributed by atoms with Gasteiger partial charge in [0, 0.05) is 18.9 Å². The number of hydrogen-bond donors (Lipinski definition) is 0. The zero-order valence-electron chi connectivity index (χ0n) is 15.9. The lowest BCUT2D eigenvalue weighted by Crippen LogP contribution is -2.52. The second kappa shape index (κ2) is 6.67. The molecule has 2 saturated heterocycles. The number of hydrogen-bond acceptors (Lipinski definition) is 7. The Hall–Kier alpha value is -2.71. The minimum Gasteiger partial charge on any atom is -0.422 e. The molecule has 152 valence electrons. The average Bonchev–Trinajstić information content (AvgIpc) is 3.28. The van der Waals surface area contributed by atoms with Gasteiger partial charge < -0.3 is 14.2 Å². The van der Waals surface area contributed by atoms with Gasteiger partial charge >= 0.3 is 11.9 Å². The van der Waals surface area contributed by atoms with Crippen LogP contribution in [0.1, 0.15) is 19.4 Å². The number of imide groups is 1. The third kappa shape index (κ3) is 2.86. The number of nitrogens with zero attached hydrogens (tertiary/aromatic N) is 1. The van der Waals surface area contributed by atoms with E-state index in [-0.39, 0.29) is 0 Å². The minimum atomic E-state index is -1.57. The highest BCUT2D eigenvalue weighted by Gasteiger charge is 2.72. The molecular formula is C20H18ClNO7. The molecule has 4 atom stereocenters. The zero-order chi connectivity index (χ0) is 21.1. The number of halogens is 1. The number of ether oxygens (including phenoxy) is 3. The molecule has 4 rings (SSSR count). The Morgan fingerprint density at radius 2 is 1.83 bits per heavy atom. The average molecular weight is 420 g/mol. The molecule has 0 spiro atoms. The van der Waals surface area contributed by atoms with Crippen LogP contribution in [0.25, 0.3) is 0 Å². The van der Waals surface area contributed by atoms with Gasteiger partial charge in [-0.3, -0.25) is 19.2 Å². The van der Waals surface area contributed by atoms with Gasteiger partial charge in [0.1, 0.15) is 0 Å². The molecule has 0 aromatic heterocycles. The van der Waals surface area contributed by atoms with E-state index in [0.29, 0.717) is 10.7 Å². The van der Waals surface area contributed by atoms with Crippen LogP contribution in [-0.4, -0.2) is 41.7 Å². The van der Waals surface area contributed by atoms with Crippen LogP contribution >= 0.6 is 11.6 Å². The van der Waals surface area contributed by atoms with Crippen molar-refractivity contribution in [1.29, 1.82) is 0 Å². The first-order valence-corrected chi connectivity index (χ1v) is 9.39. The van der Waals surface area contributed by atoms with Crippen molar-refractivity contribution >= 4 is 41.0 Å². The van der Waals surface area contributed by atoms with E-state index in [0.717, 1.165) is 24.3 Å². The van der Waals surface area contributed by atoms with Crippen molar-refractivity contribution in [1.82, 2.24) is 0 Å². The second-order valence-corrected chi connectivity index (χ2v) is 7.70. The van der Waals surface area contributed by atoms with Gasteiger partial charge in [-0.1, -0.05) is 23.7 Å². The van der Waals surface area contributed by atoms with Crippen molar-refractivity contribution in [2.24, 2.45) is 11.8 Å². The first-order valence-electron chi connectivity index (χ1n) is 9.01. The van der Waals surface area contributed by atoms with Crippen LogP contribution in [0, 0.1) is 18.8 Å². The molecular weight excluding hydrogens is 402 g/mol. The zero-order valence-corrected chi connectivity index (χ0v) is 16.6. The molecule has 2 fully saturated rings. The monoisotopic (exact) mass is 419 g/mol. The first-order chi connectivity index (χ1) is 13.7. The summed E-state index contributed by atoms with van der Waals surface area (Å²) in [5.41, 5.74) is -0.417. The van der Waals surface area contributed by atoms with Crippen LogP contribution in [0.4, 0.5) is 5.69 Å². The van der Waals surface area contributed by atoms with Crippen LogP contribution in [0.15, 0.2) is 30.4 Å². The van der Waals surface area contributed by atoms with Crippen molar-refractivity contribution in [2.75, 3.05) is 4.90 Å². The fourth-order valence-corrected chi connectivity index (χ4v) is 4.37. The molecule has 0 unspecified atom stereocenters. The molecule has 1 aromatic rings. The lowest BCUT2D eigenvalue weighted by Gasteiger charge is -2.34. The minimum absolute atomic E-state index is 0.344. The predicted octanol–water partition coefficient (Wildman–Crippen LogP) is 1.91. The van der Waals surface area contributed by atoms with Gasteiger partial charge in [-0.05, 0) is 30.7 Å². The Bertz CT molecular complexity index is 958. The molecule has 9 heteroatoms. The predicted molar refractivity (Wildman–Crippen MR) is 99.7 cm³/mol. The summed E-state index contributed by atoms with van der Waals surface area (Å²) in [4.78, 5) is 50.7. The van der Waals surface area contributed by atoms with E-state index in [1.807, 2.05) is 6.92 Å². The Labute approximate surface area is 171 Å². The Morgan fingerprint density at radius 3 is 2.41 bits per heavy atom. The number of esters is 2. The summed E-state index contributed by atoms with van der Waals surface area (Å²) < 4.78 is 16.2. The largest absolute Gasteiger partial charge is 0.422 e. The number of fused-ring (bicyclic) bond motifs is 5. The summed E-state index contributed by atoms with van der Waals surface area (Å²) in [7, 11) is 0. The first kappa shape index (κ1) is 19.6. The number of aryl methyl sites for hydroxylation is 1. The van der Waals surface area contributed by atoms with Gasteiger partial charge in [0.15, 0.2) is 5.60 Å². The van der Waals surface area contributed by atoms with Crippen LogP contribution in [0.5, 0.6) is 0 Å². The highest BCUT2D eigenvalue weighted by atomic mass is 35.5. The van der Waals surface area contributed by atoms with Gasteiger partial charge in [-0.25, -0.2) is 4.90 Å². The molecule has 3 aliphatic heterocycles. The van der Waals surface area contributed by atoms with Crippen LogP contribution in [0.2, 0.25) is 5.02 Å². The van der Waals surface area contributed by atoms with E-state index in [1.165, 1.54) is 6.08 Å². The summed E-state index contributed by atoms with van der Waals surface area (Å²) in [6, 6.07) is 4.90. The molecule has 0 aliphatic carbocycles. The molecule has 0 saturated carbocycles. The molecule has 1 aromatic carbocycles. The molecule has 3 aliphatic rings. The fraction of sp³-hybridized carbons (Fsp3) is 0.400. The number of amides is 2. The summed E-state index contributed by atoms with van der Waals surface area (Å²) in [5.74, 6) is -4.23. The molecule has 29 heavy (non-hydrogen) atoms. The van der Waals surface area contributed by atoms with Crippen molar-refractivity contribution in [2.45, 2.75) is 38.8 Å². The lowest BCUT2D eigenvalue weighted by molar-refractivity contribution is -0.226. The maximum atomic E-state index is 13.3. The Kier molecular flexibility index (Phi) is 4.51. The normalized spacial score (nSPS) is 29.6. The van der Waals surface area contributed by atoms with Crippen molar-refractivity contribution in [3.63, 3.8) is 0 Å². The maximum absolute atomic E-state index is 13.3. The molecule has 0 radical (unpaired) electrons. The smallest absolute Gasteiger partial charge is 0.305 e. The van der Waals surface area contributed by atoms with E-state index in [2.05, 4.69) is 0 Å². The Morgan fingerprint density at radius 1 is 1.17 bits per heavy atom. The lowest BCUT2D eigenvalue weighted by atomic mass is 9.76. The number of benzene rings is 1. The molecule has 3 heterocycles. The number of carbonyl (C=O) groups excluding carboxylic acids is 4. The Balaban J connectivity index is 1.75. The summed E-state index contributed by atoms with van der Waals surface area (Å²) in [6.07, 6.45) is 0.965. The number of rotatable bonds is 4. The SMILES string of the molecule is CC(=O)OC(OC(C)=O)[C@]12C=C[C@@H](O1)[C@@H]1C(=O)N(c3ccc(C)c(Cl)c3)C(=O)[C@@H]12. The summed E-state index contributed by atoms with van der Waals surface area (Å²) in [6.45, 7) is 4.11. The van der Waals surface area contributed by atoms with E-state index in [1.54, 1.807) is 24.3 Å². The molecule has 2 amide bonds. The van der Waals surface area contributed by atoms with Gasteiger partial charge in [-0.15, -0.1) is 0 Å². The van der Waals surface area contributed by atoms with Crippen molar-refractivity contribution in [3.05, 3.63) is 40.9 Å². The van der Waals surface area contributed by atoms with Gasteiger partial charge in [0.25, 0.3) is 6.29 Å². The third-order valence-corrected chi connectivity index (χ3v) is 5.81. The van der Waals surface area contributed by atoms with E-state index in [9.17, 15) is 19.2 Å². The van der Waals surface area contributed by atoms with Gasteiger partial charge in [0.2, 0.25) is 11.8 Å². The number of carbonyl (C=O) groups is 4. The fourth-order valence-electron chi connectivity index (χ4n) is 4.19. The highest BCUT2D eigenvalue weighted by Crippen LogP contribution is 2.54. The maximum Gasteiger partial charge on any atom is 0.305 e. The van der Waals surface area contributed by atoms with Crippen molar-refractivity contribution < 1.29 is 33.4 Å². The van der Waals surface area contributed by atoms with E-state index < -0.39 is 53.6 Å². The number of anilines is 1. The van der Waals surface area contributed by atoms with E-state index >= 15 is 0 Å². The standard InChI is InChI=1S/C20H18ClNO7/c1-9-4-5-12(8-13(9)21)22-17(25)15-14-6-7-20(29-14,16(15)18(22)26)19(27-10(2)23)28-11(3)24/h4-8,14-16,19H,1-3H3/t14-,15+,16-,20-/m1/s1. The van der Waals surface area contributed by atoms with Gasteiger partial charge in [-0.2, -0.15) is 0 Å². The summed E-state index contributed by atoms with van der Waals surface area (Å²) in [5, 5.41) is 0.421. The van der Waals surface area contributed by atoms with Gasteiger partial charge in [0.05, 0.1) is 23.6 Å². The quantitative estimate of drug-likeness (QED) is 0.318.